The molecular formula is C10H25N3O3S. The summed E-state index contributed by atoms with van der Waals surface area (Å²) < 4.78 is 32.9. The highest BCUT2D eigenvalue weighted by Gasteiger charge is 2.36. The van der Waals surface area contributed by atoms with Crippen molar-refractivity contribution in [2.75, 3.05) is 33.4 Å². The molecule has 0 aliphatic heterocycles. The molecule has 0 aliphatic rings. The van der Waals surface area contributed by atoms with E-state index in [1.54, 1.807) is 6.92 Å². The molecule has 0 heterocycles. The smallest absolute Gasteiger partial charge is 0.280 e. The molecule has 1 atom stereocenters. The molecule has 0 aromatic carbocycles. The zero-order chi connectivity index (χ0) is 13.5. The van der Waals surface area contributed by atoms with Crippen molar-refractivity contribution in [3.05, 3.63) is 0 Å². The minimum atomic E-state index is -3.50. The minimum Gasteiger partial charge on any atom is -0.383 e. The first-order valence-corrected chi connectivity index (χ1v) is 7.28. The number of nitrogens with zero attached hydrogens (tertiary/aromatic N) is 1. The molecule has 0 fully saturated rings. The number of nitrogens with two attached hydrogens (primary N) is 1. The van der Waals surface area contributed by atoms with Crippen LogP contribution in [0, 0.1) is 0 Å². The zero-order valence-electron chi connectivity index (χ0n) is 11.2. The summed E-state index contributed by atoms with van der Waals surface area (Å²) in [4.78, 5) is 0. The molecule has 0 aromatic rings. The van der Waals surface area contributed by atoms with Gasteiger partial charge in [-0.3, -0.25) is 0 Å². The normalized spacial score (nSPS) is 16.1. The van der Waals surface area contributed by atoms with Crippen LogP contribution in [-0.2, 0) is 14.9 Å². The predicted molar refractivity (Wildman–Crippen MR) is 68.9 cm³/mol. The van der Waals surface area contributed by atoms with E-state index in [0.717, 1.165) is 0 Å². The van der Waals surface area contributed by atoms with Gasteiger partial charge in [0.15, 0.2) is 0 Å². The van der Waals surface area contributed by atoms with Crippen LogP contribution in [0.4, 0.5) is 0 Å². The van der Waals surface area contributed by atoms with E-state index in [4.69, 9.17) is 10.5 Å². The van der Waals surface area contributed by atoms with Crippen molar-refractivity contribution >= 4 is 10.2 Å². The third-order valence-electron chi connectivity index (χ3n) is 2.97. The fourth-order valence-corrected chi connectivity index (χ4v) is 3.24. The molecule has 3 N–H and O–H groups in total. The first kappa shape index (κ1) is 16.8. The van der Waals surface area contributed by atoms with Gasteiger partial charge in [-0.15, -0.1) is 0 Å². The van der Waals surface area contributed by atoms with Gasteiger partial charge in [-0.1, -0.05) is 13.8 Å². The lowest BCUT2D eigenvalue weighted by atomic mass is 9.99. The number of likely N-dealkylation sites (N-methyl/N-ethyl adjacent to an activating group) is 1. The van der Waals surface area contributed by atoms with E-state index in [1.165, 1.54) is 11.4 Å². The topological polar surface area (TPSA) is 84.7 Å². The lowest BCUT2D eigenvalue weighted by Crippen LogP contribution is -2.57. The van der Waals surface area contributed by atoms with E-state index >= 15 is 0 Å². The van der Waals surface area contributed by atoms with Crippen LogP contribution in [0.15, 0.2) is 0 Å². The van der Waals surface area contributed by atoms with Crippen molar-refractivity contribution in [3.63, 3.8) is 0 Å². The standard InChI is InChI=1S/C10H25N3O3S/c1-5-10(3,9-11)13(6-2)17(14,15)12-7-8-16-4/h12H,5-9,11H2,1-4H3. The van der Waals surface area contributed by atoms with E-state index in [2.05, 4.69) is 4.72 Å². The molecular weight excluding hydrogens is 242 g/mol. The highest BCUT2D eigenvalue weighted by atomic mass is 32.2. The van der Waals surface area contributed by atoms with Gasteiger partial charge in [0.2, 0.25) is 0 Å². The molecule has 0 bridgehead atoms. The van der Waals surface area contributed by atoms with Crippen molar-refractivity contribution in [1.29, 1.82) is 0 Å². The molecule has 0 saturated carbocycles. The Kier molecular flexibility index (Phi) is 7.18. The van der Waals surface area contributed by atoms with Crippen molar-refractivity contribution in [1.82, 2.24) is 9.03 Å². The second kappa shape index (κ2) is 7.27. The summed E-state index contributed by atoms with van der Waals surface area (Å²) in [6.07, 6.45) is 0.669. The van der Waals surface area contributed by atoms with Crippen LogP contribution in [0.2, 0.25) is 0 Å². The molecule has 104 valence electrons. The third-order valence-corrected chi connectivity index (χ3v) is 4.82. The van der Waals surface area contributed by atoms with Crippen molar-refractivity contribution in [3.8, 4) is 0 Å². The van der Waals surface area contributed by atoms with Crippen molar-refractivity contribution < 1.29 is 13.2 Å². The molecule has 0 saturated heterocycles. The Balaban J connectivity index is 4.85. The molecule has 7 heteroatoms. The predicted octanol–water partition coefficient (Wildman–Crippen LogP) is -0.0835. The number of hydrogen-bond acceptors (Lipinski definition) is 4. The highest BCUT2D eigenvalue weighted by Crippen LogP contribution is 2.20. The van der Waals surface area contributed by atoms with Gasteiger partial charge >= 0.3 is 0 Å². The first-order chi connectivity index (χ1) is 7.87. The lowest BCUT2D eigenvalue weighted by Gasteiger charge is -2.38. The maximum atomic E-state index is 12.1. The monoisotopic (exact) mass is 267 g/mol. The zero-order valence-corrected chi connectivity index (χ0v) is 12.0. The molecule has 0 aromatic heterocycles. The Bertz CT molecular complexity index is 302. The van der Waals surface area contributed by atoms with E-state index in [0.29, 0.717) is 26.1 Å². The van der Waals surface area contributed by atoms with Gasteiger partial charge in [0, 0.05) is 32.3 Å². The van der Waals surface area contributed by atoms with E-state index < -0.39 is 15.7 Å². The van der Waals surface area contributed by atoms with Gasteiger partial charge in [0.05, 0.1) is 6.61 Å². The fraction of sp³-hybridized carbons (Fsp3) is 1.00. The number of hydrogen-bond donors (Lipinski definition) is 2. The Morgan fingerprint density at radius 3 is 2.35 bits per heavy atom. The summed E-state index contributed by atoms with van der Waals surface area (Å²) in [6.45, 7) is 6.89. The molecule has 0 amide bonds. The maximum Gasteiger partial charge on any atom is 0.280 e. The summed E-state index contributed by atoms with van der Waals surface area (Å²) in [6, 6.07) is 0. The molecule has 0 spiro atoms. The first-order valence-electron chi connectivity index (χ1n) is 5.84. The SMILES string of the molecule is CCN(C(C)(CC)CN)S(=O)(=O)NCCOC. The second-order valence-electron chi connectivity index (χ2n) is 4.11. The van der Waals surface area contributed by atoms with Crippen LogP contribution in [-0.4, -0.2) is 51.6 Å². The summed E-state index contributed by atoms with van der Waals surface area (Å²) in [7, 11) is -1.97. The largest absolute Gasteiger partial charge is 0.383 e. The summed E-state index contributed by atoms with van der Waals surface area (Å²) >= 11 is 0. The average Bonchev–Trinajstić information content (AvgIpc) is 2.29. The van der Waals surface area contributed by atoms with Crippen LogP contribution < -0.4 is 10.5 Å². The summed E-state index contributed by atoms with van der Waals surface area (Å²) in [5, 5.41) is 0. The third kappa shape index (κ3) is 4.51. The van der Waals surface area contributed by atoms with E-state index in [1.807, 2.05) is 13.8 Å². The van der Waals surface area contributed by atoms with Gasteiger partial charge < -0.3 is 10.5 Å². The van der Waals surface area contributed by atoms with E-state index in [9.17, 15) is 8.42 Å². The highest BCUT2D eigenvalue weighted by molar-refractivity contribution is 7.87. The Morgan fingerprint density at radius 2 is 2.00 bits per heavy atom. The van der Waals surface area contributed by atoms with Crippen molar-refractivity contribution in [2.24, 2.45) is 5.73 Å². The van der Waals surface area contributed by atoms with Crippen LogP contribution in [0.25, 0.3) is 0 Å². The molecule has 0 rings (SSSR count). The maximum absolute atomic E-state index is 12.1. The van der Waals surface area contributed by atoms with Gasteiger partial charge in [0.25, 0.3) is 10.2 Å². The molecule has 17 heavy (non-hydrogen) atoms. The Hall–Kier alpha value is -0.210. The Labute approximate surface area is 105 Å². The lowest BCUT2D eigenvalue weighted by molar-refractivity contribution is 0.196. The van der Waals surface area contributed by atoms with Crippen LogP contribution in [0.1, 0.15) is 27.2 Å². The molecule has 1 unspecified atom stereocenters. The fourth-order valence-electron chi connectivity index (χ4n) is 1.61. The number of nitrogens with one attached hydrogen (secondary N) is 1. The Morgan fingerprint density at radius 1 is 1.41 bits per heavy atom. The summed E-state index contributed by atoms with van der Waals surface area (Å²) in [5.41, 5.74) is 5.14. The number of methoxy groups -OCH3 is 1. The van der Waals surface area contributed by atoms with E-state index in [-0.39, 0.29) is 6.54 Å². The van der Waals surface area contributed by atoms with Gasteiger partial charge in [-0.25, -0.2) is 0 Å². The van der Waals surface area contributed by atoms with Crippen LogP contribution >= 0.6 is 0 Å². The minimum absolute atomic E-state index is 0.264. The quantitative estimate of drug-likeness (QED) is 0.572. The van der Waals surface area contributed by atoms with Crippen molar-refractivity contribution in [2.45, 2.75) is 32.7 Å². The number of rotatable bonds is 9. The van der Waals surface area contributed by atoms with Crippen LogP contribution in [0.5, 0.6) is 0 Å². The summed E-state index contributed by atoms with van der Waals surface area (Å²) in [5.74, 6) is 0. The molecule has 6 nitrogen and oxygen atoms in total. The van der Waals surface area contributed by atoms with Gasteiger partial charge in [-0.2, -0.15) is 17.4 Å². The molecule has 0 aliphatic carbocycles. The average molecular weight is 267 g/mol. The molecule has 0 radical (unpaired) electrons. The van der Waals surface area contributed by atoms with Gasteiger partial charge in [0.1, 0.15) is 0 Å². The second-order valence-corrected chi connectivity index (χ2v) is 5.79. The number of ether oxygens (including phenoxy) is 1. The van der Waals surface area contributed by atoms with Crippen LogP contribution in [0.3, 0.4) is 0 Å². The van der Waals surface area contributed by atoms with Gasteiger partial charge in [-0.05, 0) is 13.3 Å².